The van der Waals surface area contributed by atoms with E-state index in [0.717, 1.165) is 12.0 Å². The van der Waals surface area contributed by atoms with Gasteiger partial charge < -0.3 is 14.1 Å². The van der Waals surface area contributed by atoms with Crippen LogP contribution < -0.4 is 0 Å². The summed E-state index contributed by atoms with van der Waals surface area (Å²) in [5.41, 5.74) is 1.59. The fourth-order valence-electron chi connectivity index (χ4n) is 3.46. The number of carbonyl (C=O) groups is 2. The normalized spacial score (nSPS) is 15.7. The van der Waals surface area contributed by atoms with Gasteiger partial charge in [-0.1, -0.05) is 30.3 Å². The Labute approximate surface area is 183 Å². The number of amides is 1. The lowest BCUT2D eigenvalue weighted by molar-refractivity contribution is -0.384. The molecule has 3 aromatic rings. The molecule has 164 valence electrons. The average molecular weight is 436 g/mol. The van der Waals surface area contributed by atoms with Crippen molar-refractivity contribution in [2.24, 2.45) is 5.92 Å². The van der Waals surface area contributed by atoms with Gasteiger partial charge in [0.15, 0.2) is 6.61 Å². The molecular formula is C22H20N4O6. The molecule has 2 aromatic carbocycles. The molecule has 1 fully saturated rings. The maximum atomic E-state index is 12.4. The number of non-ortho nitro benzene ring substituents is 1. The minimum atomic E-state index is -0.532. The van der Waals surface area contributed by atoms with Crippen LogP contribution in [0.15, 0.2) is 59.0 Å². The first kappa shape index (κ1) is 21.2. The second-order valence-corrected chi connectivity index (χ2v) is 7.39. The number of nitro groups is 1. The molecule has 1 aliphatic rings. The quantitative estimate of drug-likeness (QED) is 0.299. The van der Waals surface area contributed by atoms with E-state index in [0.29, 0.717) is 18.7 Å². The number of nitrogens with zero attached hydrogens (tertiary/aromatic N) is 4. The summed E-state index contributed by atoms with van der Waals surface area (Å²) in [6.07, 6.45) is 0.841. The third-order valence-corrected chi connectivity index (χ3v) is 5.19. The number of benzene rings is 2. The van der Waals surface area contributed by atoms with E-state index in [9.17, 15) is 19.7 Å². The number of carbonyl (C=O) groups excluding carboxylic acids is 2. The molecule has 32 heavy (non-hydrogen) atoms. The van der Waals surface area contributed by atoms with Crippen molar-refractivity contribution in [3.05, 3.63) is 76.2 Å². The number of hydrogen-bond donors (Lipinski definition) is 0. The van der Waals surface area contributed by atoms with Gasteiger partial charge in [0.05, 0.1) is 10.8 Å². The molecule has 0 aliphatic carbocycles. The van der Waals surface area contributed by atoms with E-state index in [4.69, 9.17) is 9.15 Å². The second kappa shape index (κ2) is 9.38. The number of rotatable bonds is 8. The number of esters is 1. The number of hydrogen-bond acceptors (Lipinski definition) is 8. The van der Waals surface area contributed by atoms with Gasteiger partial charge in [-0.05, 0) is 24.1 Å². The van der Waals surface area contributed by atoms with Crippen LogP contribution in [0.2, 0.25) is 0 Å². The lowest BCUT2D eigenvalue weighted by Gasteiger charge is -2.16. The van der Waals surface area contributed by atoms with Gasteiger partial charge in [-0.15, -0.1) is 10.2 Å². The fourth-order valence-corrected chi connectivity index (χ4v) is 3.46. The third kappa shape index (κ3) is 4.97. The Hall–Kier alpha value is -4.08. The molecule has 0 N–H and O–H groups in total. The highest BCUT2D eigenvalue weighted by molar-refractivity contribution is 5.86. The summed E-state index contributed by atoms with van der Waals surface area (Å²) in [6.45, 7) is 0.658. The highest BCUT2D eigenvalue weighted by Crippen LogP contribution is 2.23. The molecule has 0 spiro atoms. The highest BCUT2D eigenvalue weighted by atomic mass is 16.6. The van der Waals surface area contributed by atoms with Crippen molar-refractivity contribution in [2.75, 3.05) is 13.1 Å². The molecule has 1 unspecified atom stereocenters. The minimum absolute atomic E-state index is 0.0497. The average Bonchev–Trinajstić information content (AvgIpc) is 3.43. The Kier molecular flexibility index (Phi) is 6.20. The van der Waals surface area contributed by atoms with Crippen LogP contribution in [0.25, 0.3) is 11.5 Å². The van der Waals surface area contributed by atoms with Crippen LogP contribution in [-0.4, -0.2) is 45.0 Å². The Morgan fingerprint density at radius 3 is 2.62 bits per heavy atom. The Balaban J connectivity index is 1.27. The molecule has 10 nitrogen and oxygen atoms in total. The van der Waals surface area contributed by atoms with Gasteiger partial charge >= 0.3 is 5.97 Å². The lowest BCUT2D eigenvalue weighted by Crippen LogP contribution is -2.28. The van der Waals surface area contributed by atoms with Crippen LogP contribution >= 0.6 is 0 Å². The first-order valence-electron chi connectivity index (χ1n) is 10.0. The lowest BCUT2D eigenvalue weighted by atomic mass is 10.1. The van der Waals surface area contributed by atoms with Crippen molar-refractivity contribution < 1.29 is 23.7 Å². The van der Waals surface area contributed by atoms with Crippen molar-refractivity contribution in [2.45, 2.75) is 19.4 Å². The first-order chi connectivity index (χ1) is 15.5. The second-order valence-electron chi connectivity index (χ2n) is 7.39. The summed E-state index contributed by atoms with van der Waals surface area (Å²) in [6, 6.07) is 15.5. The van der Waals surface area contributed by atoms with E-state index in [1.807, 2.05) is 30.3 Å². The summed E-state index contributed by atoms with van der Waals surface area (Å²) in [4.78, 5) is 36.6. The van der Waals surface area contributed by atoms with E-state index in [-0.39, 0.29) is 36.4 Å². The summed E-state index contributed by atoms with van der Waals surface area (Å²) < 4.78 is 10.7. The molecule has 0 bridgehead atoms. The third-order valence-electron chi connectivity index (χ3n) is 5.19. The van der Waals surface area contributed by atoms with E-state index < -0.39 is 16.8 Å². The van der Waals surface area contributed by atoms with Gasteiger partial charge in [0, 0.05) is 37.2 Å². The first-order valence-corrected chi connectivity index (χ1v) is 10.0. The van der Waals surface area contributed by atoms with E-state index in [1.165, 1.54) is 24.3 Å². The maximum Gasteiger partial charge on any atom is 0.311 e. The summed E-state index contributed by atoms with van der Waals surface area (Å²) in [5.74, 6) is -0.835. The maximum absolute atomic E-state index is 12.4. The predicted molar refractivity (Wildman–Crippen MR) is 111 cm³/mol. The van der Waals surface area contributed by atoms with E-state index in [2.05, 4.69) is 10.2 Å². The molecule has 1 atom stereocenters. The molecule has 1 aromatic heterocycles. The smallest absolute Gasteiger partial charge is 0.311 e. The number of ether oxygens (including phenoxy) is 1. The molecule has 2 heterocycles. The summed E-state index contributed by atoms with van der Waals surface area (Å²) in [5, 5.41) is 18.4. The van der Waals surface area contributed by atoms with Gasteiger partial charge in [0.1, 0.15) is 0 Å². The molecular weight excluding hydrogens is 416 g/mol. The zero-order valence-corrected chi connectivity index (χ0v) is 17.0. The molecule has 1 aliphatic heterocycles. The fraction of sp³-hybridized carbons (Fsp3) is 0.273. The van der Waals surface area contributed by atoms with Gasteiger partial charge in [0.2, 0.25) is 11.8 Å². The molecule has 4 rings (SSSR count). The van der Waals surface area contributed by atoms with Gasteiger partial charge in [-0.25, -0.2) is 0 Å². The summed E-state index contributed by atoms with van der Waals surface area (Å²) in [7, 11) is 0. The van der Waals surface area contributed by atoms with Gasteiger partial charge in [-0.3, -0.25) is 19.7 Å². The minimum Gasteiger partial charge on any atom is -0.455 e. The van der Waals surface area contributed by atoms with E-state index >= 15 is 0 Å². The van der Waals surface area contributed by atoms with Gasteiger partial charge in [-0.2, -0.15) is 0 Å². The standard InChI is InChI=1S/C22H20N4O6/c27-20-12-17(13-25(20)11-10-15-4-2-1-3-5-15)22(28)31-14-19-23-24-21(32-19)16-6-8-18(9-7-16)26(29)30/h1-9,17H,10-14H2. The van der Waals surface area contributed by atoms with Crippen LogP contribution in [0, 0.1) is 16.0 Å². The Morgan fingerprint density at radius 2 is 1.91 bits per heavy atom. The van der Waals surface area contributed by atoms with Crippen LogP contribution in [-0.2, 0) is 27.4 Å². The van der Waals surface area contributed by atoms with Crippen LogP contribution in [0.4, 0.5) is 5.69 Å². The van der Waals surface area contributed by atoms with Crippen LogP contribution in [0.1, 0.15) is 17.9 Å². The Morgan fingerprint density at radius 1 is 1.16 bits per heavy atom. The zero-order valence-electron chi connectivity index (χ0n) is 17.0. The van der Waals surface area contributed by atoms with E-state index in [1.54, 1.807) is 4.90 Å². The number of nitro benzene ring substituents is 1. The van der Waals surface area contributed by atoms with Crippen molar-refractivity contribution in [1.29, 1.82) is 0 Å². The Bertz CT molecular complexity index is 1110. The molecule has 0 radical (unpaired) electrons. The largest absolute Gasteiger partial charge is 0.455 e. The monoisotopic (exact) mass is 436 g/mol. The molecule has 1 saturated heterocycles. The molecule has 0 saturated carbocycles. The molecule has 1 amide bonds. The van der Waals surface area contributed by atoms with Gasteiger partial charge in [0.25, 0.3) is 11.6 Å². The van der Waals surface area contributed by atoms with Crippen molar-refractivity contribution >= 4 is 17.6 Å². The van der Waals surface area contributed by atoms with Crippen molar-refractivity contribution in [3.63, 3.8) is 0 Å². The summed E-state index contributed by atoms with van der Waals surface area (Å²) >= 11 is 0. The highest BCUT2D eigenvalue weighted by Gasteiger charge is 2.35. The van der Waals surface area contributed by atoms with Crippen LogP contribution in [0.5, 0.6) is 0 Å². The number of likely N-dealkylation sites (tertiary alicyclic amines) is 1. The topological polar surface area (TPSA) is 129 Å². The number of aromatic nitrogens is 2. The van der Waals surface area contributed by atoms with Crippen LogP contribution in [0.3, 0.4) is 0 Å². The van der Waals surface area contributed by atoms with Crippen molar-refractivity contribution in [1.82, 2.24) is 15.1 Å². The zero-order chi connectivity index (χ0) is 22.5. The predicted octanol–water partition coefficient (Wildman–Crippen LogP) is 2.78. The van der Waals surface area contributed by atoms with Crippen molar-refractivity contribution in [3.8, 4) is 11.5 Å². The molecule has 10 heteroatoms. The SMILES string of the molecule is O=C(OCc1nnc(-c2ccc([N+](=O)[O-])cc2)o1)C1CC(=O)N(CCc2ccccc2)C1.